The van der Waals surface area contributed by atoms with Crippen molar-refractivity contribution < 1.29 is 22.4 Å². The zero-order valence-corrected chi connectivity index (χ0v) is 21.6. The largest absolute Gasteiger partial charge is 0.339 e. The quantitative estimate of drug-likeness (QED) is 0.460. The molecule has 6 nitrogen and oxygen atoms in total. The molecule has 194 valence electrons. The lowest BCUT2D eigenvalue weighted by Gasteiger charge is -2.32. The maximum atomic E-state index is 13.5. The van der Waals surface area contributed by atoms with E-state index in [0.29, 0.717) is 36.7 Å². The van der Waals surface area contributed by atoms with Crippen LogP contribution in [0, 0.1) is 5.82 Å². The van der Waals surface area contributed by atoms with Gasteiger partial charge in [0.25, 0.3) is 5.91 Å². The Labute approximate surface area is 217 Å². The number of hydrogen-bond donors (Lipinski definition) is 1. The Morgan fingerprint density at radius 3 is 2.24 bits per heavy atom. The second-order valence-corrected chi connectivity index (χ2v) is 11.9. The van der Waals surface area contributed by atoms with E-state index in [4.69, 9.17) is 0 Å². The van der Waals surface area contributed by atoms with Gasteiger partial charge in [0, 0.05) is 37.0 Å². The summed E-state index contributed by atoms with van der Waals surface area (Å²) in [5, 5.41) is 2.73. The van der Waals surface area contributed by atoms with Gasteiger partial charge in [-0.2, -0.15) is 0 Å². The molecule has 1 aliphatic heterocycles. The lowest BCUT2D eigenvalue weighted by molar-refractivity contribution is -0.115. The van der Waals surface area contributed by atoms with Crippen LogP contribution in [0.3, 0.4) is 0 Å². The highest BCUT2D eigenvalue weighted by molar-refractivity contribution is 7.90. The molecule has 1 heterocycles. The molecule has 0 atom stereocenters. The Bertz CT molecular complexity index is 1360. The molecule has 0 saturated carbocycles. The summed E-state index contributed by atoms with van der Waals surface area (Å²) in [4.78, 5) is 27.0. The molecule has 0 aliphatic carbocycles. The van der Waals surface area contributed by atoms with Gasteiger partial charge in [-0.05, 0) is 78.3 Å². The maximum absolute atomic E-state index is 13.5. The Morgan fingerprint density at radius 2 is 1.59 bits per heavy atom. The third-order valence-electron chi connectivity index (χ3n) is 6.62. The Morgan fingerprint density at radius 1 is 0.946 bits per heavy atom. The molecule has 1 N–H and O–H groups in total. The van der Waals surface area contributed by atoms with E-state index in [-0.39, 0.29) is 29.8 Å². The average molecular weight is 523 g/mol. The van der Waals surface area contributed by atoms with Crippen LogP contribution in [-0.4, -0.2) is 50.2 Å². The average Bonchev–Trinajstić information content (AvgIpc) is 2.87. The van der Waals surface area contributed by atoms with Crippen molar-refractivity contribution >= 4 is 27.3 Å². The van der Waals surface area contributed by atoms with Crippen LogP contribution in [0.15, 0.2) is 72.8 Å². The Balaban J connectivity index is 1.30. The van der Waals surface area contributed by atoms with Crippen LogP contribution in [0.2, 0.25) is 0 Å². The molecule has 1 saturated heterocycles. The summed E-state index contributed by atoms with van der Waals surface area (Å²) >= 11 is 0. The van der Waals surface area contributed by atoms with Gasteiger partial charge in [0.2, 0.25) is 5.91 Å². The fraction of sp³-hybridized carbons (Fsp3) is 0.310. The smallest absolute Gasteiger partial charge is 0.253 e. The van der Waals surface area contributed by atoms with Crippen LogP contribution < -0.4 is 5.32 Å². The normalized spacial score (nSPS) is 14.4. The van der Waals surface area contributed by atoms with E-state index < -0.39 is 9.84 Å². The molecule has 0 aromatic heterocycles. The lowest BCUT2D eigenvalue weighted by Crippen LogP contribution is -2.37. The first-order valence-corrected chi connectivity index (χ1v) is 14.4. The molecular weight excluding hydrogens is 491 g/mol. The minimum atomic E-state index is -3.18. The van der Waals surface area contributed by atoms with Crippen LogP contribution in [0.5, 0.6) is 0 Å². The molecule has 2 amide bonds. The molecule has 0 unspecified atom stereocenters. The van der Waals surface area contributed by atoms with Crippen LogP contribution in [0.4, 0.5) is 10.1 Å². The fourth-order valence-corrected chi connectivity index (χ4v) is 5.19. The minimum absolute atomic E-state index is 0.00620. The van der Waals surface area contributed by atoms with Gasteiger partial charge in [-0.15, -0.1) is 0 Å². The number of piperidine rings is 1. The lowest BCUT2D eigenvalue weighted by atomic mass is 9.89. The summed E-state index contributed by atoms with van der Waals surface area (Å²) in [5.74, 6) is -0.447. The number of benzene rings is 3. The molecule has 3 aromatic carbocycles. The second kappa shape index (κ2) is 11.7. The molecule has 1 aliphatic rings. The molecular formula is C29H31FN2O4S. The van der Waals surface area contributed by atoms with Gasteiger partial charge < -0.3 is 10.2 Å². The number of sulfone groups is 1. The molecule has 4 rings (SSSR count). The number of carbonyl (C=O) groups excluding carboxylic acids is 2. The van der Waals surface area contributed by atoms with Crippen molar-refractivity contribution in [1.82, 2.24) is 4.90 Å². The van der Waals surface area contributed by atoms with E-state index in [9.17, 15) is 22.4 Å². The van der Waals surface area contributed by atoms with Crippen LogP contribution in [-0.2, 0) is 21.1 Å². The van der Waals surface area contributed by atoms with E-state index in [1.165, 1.54) is 12.1 Å². The maximum Gasteiger partial charge on any atom is 0.253 e. The minimum Gasteiger partial charge on any atom is -0.339 e. The molecule has 0 bridgehead atoms. The predicted molar refractivity (Wildman–Crippen MR) is 143 cm³/mol. The number of nitrogens with one attached hydrogen (secondary N) is 1. The van der Waals surface area contributed by atoms with Crippen molar-refractivity contribution in [3.63, 3.8) is 0 Å². The number of carbonyl (C=O) groups is 2. The highest BCUT2D eigenvalue weighted by atomic mass is 32.2. The third-order valence-corrected chi connectivity index (χ3v) is 7.56. The monoisotopic (exact) mass is 522 g/mol. The molecule has 1 fully saturated rings. The number of nitrogens with zero attached hydrogens (tertiary/aromatic N) is 1. The second-order valence-electron chi connectivity index (χ2n) is 9.62. The predicted octanol–water partition coefficient (Wildman–Crippen LogP) is 4.81. The van der Waals surface area contributed by atoms with Crippen molar-refractivity contribution in [2.24, 2.45) is 0 Å². The van der Waals surface area contributed by atoms with Gasteiger partial charge in [0.15, 0.2) is 0 Å². The number of likely N-dealkylation sites (tertiary alicyclic amines) is 1. The van der Waals surface area contributed by atoms with Gasteiger partial charge in [-0.1, -0.05) is 36.4 Å². The standard InChI is InChI=1S/C29H31FN2O4S/c1-37(35,36)17-14-28(33)31-27-10-8-23(9-11-27)24-12-15-32(16-13-24)29(34)25-6-2-4-21(19-25)18-22-5-3-7-26(30)20-22/h2-11,19-20,24H,12-18H2,1H3,(H,31,33). The fourth-order valence-electron chi connectivity index (χ4n) is 4.64. The van der Waals surface area contributed by atoms with Crippen LogP contribution in [0.1, 0.15) is 52.2 Å². The van der Waals surface area contributed by atoms with Crippen molar-refractivity contribution in [2.45, 2.75) is 31.6 Å². The summed E-state index contributed by atoms with van der Waals surface area (Å²) in [6.45, 7) is 1.31. The van der Waals surface area contributed by atoms with Crippen molar-refractivity contribution in [3.05, 3.63) is 101 Å². The molecule has 3 aromatic rings. The highest BCUT2D eigenvalue weighted by Crippen LogP contribution is 2.29. The van der Waals surface area contributed by atoms with E-state index in [1.54, 1.807) is 6.07 Å². The third kappa shape index (κ3) is 7.73. The number of anilines is 1. The SMILES string of the molecule is CS(=O)(=O)CCC(=O)Nc1ccc(C2CCN(C(=O)c3cccc(Cc4cccc(F)c4)c3)CC2)cc1. The van der Waals surface area contributed by atoms with E-state index >= 15 is 0 Å². The van der Waals surface area contributed by atoms with Crippen LogP contribution >= 0.6 is 0 Å². The first kappa shape index (κ1) is 26.5. The van der Waals surface area contributed by atoms with Gasteiger partial charge in [-0.3, -0.25) is 9.59 Å². The van der Waals surface area contributed by atoms with Gasteiger partial charge >= 0.3 is 0 Å². The van der Waals surface area contributed by atoms with E-state index in [2.05, 4.69) is 5.32 Å². The van der Waals surface area contributed by atoms with Crippen molar-refractivity contribution in [3.8, 4) is 0 Å². The molecule has 8 heteroatoms. The topological polar surface area (TPSA) is 83.6 Å². The van der Waals surface area contributed by atoms with Crippen LogP contribution in [0.25, 0.3) is 0 Å². The molecule has 0 radical (unpaired) electrons. The molecule has 0 spiro atoms. The molecule has 37 heavy (non-hydrogen) atoms. The van der Waals surface area contributed by atoms with Gasteiger partial charge in [0.05, 0.1) is 5.75 Å². The highest BCUT2D eigenvalue weighted by Gasteiger charge is 2.25. The van der Waals surface area contributed by atoms with Gasteiger partial charge in [0.1, 0.15) is 15.7 Å². The summed E-state index contributed by atoms with van der Waals surface area (Å²) < 4.78 is 36.0. The zero-order valence-electron chi connectivity index (χ0n) is 20.8. The number of hydrogen-bond acceptors (Lipinski definition) is 4. The van der Waals surface area contributed by atoms with Crippen molar-refractivity contribution in [2.75, 3.05) is 30.4 Å². The zero-order chi connectivity index (χ0) is 26.4. The summed E-state index contributed by atoms with van der Waals surface area (Å²) in [5.41, 5.74) is 4.26. The summed E-state index contributed by atoms with van der Waals surface area (Å²) in [7, 11) is -3.18. The summed E-state index contributed by atoms with van der Waals surface area (Å²) in [6.07, 6.45) is 3.29. The van der Waals surface area contributed by atoms with Crippen molar-refractivity contribution in [1.29, 1.82) is 0 Å². The van der Waals surface area contributed by atoms with Gasteiger partial charge in [-0.25, -0.2) is 12.8 Å². The first-order valence-electron chi connectivity index (χ1n) is 12.4. The number of rotatable bonds is 8. The summed E-state index contributed by atoms with van der Waals surface area (Å²) in [6, 6.07) is 21.6. The van der Waals surface area contributed by atoms with E-state index in [1.807, 2.05) is 59.5 Å². The Kier molecular flexibility index (Phi) is 8.38. The first-order chi connectivity index (χ1) is 17.7. The Hall–Kier alpha value is -3.52. The number of amides is 2. The number of halogens is 1. The van der Waals surface area contributed by atoms with E-state index in [0.717, 1.165) is 35.8 Å².